The Morgan fingerprint density at radius 3 is 2.63 bits per heavy atom. The van der Waals surface area contributed by atoms with Crippen LogP contribution < -0.4 is 0 Å². The van der Waals surface area contributed by atoms with Gasteiger partial charge in [0.25, 0.3) is 0 Å². The van der Waals surface area contributed by atoms with E-state index in [9.17, 15) is 0 Å². The predicted octanol–water partition coefficient (Wildman–Crippen LogP) is 6.05. The van der Waals surface area contributed by atoms with Crippen LogP contribution in [0.15, 0.2) is 54.6 Å². The number of hydrogen-bond acceptors (Lipinski definition) is 3. The number of allylic oxidation sites excluding steroid dienone is 3. The highest BCUT2D eigenvalue weighted by molar-refractivity contribution is 5.13. The molecule has 0 unspecified atom stereocenters. The van der Waals surface area contributed by atoms with Gasteiger partial charge in [0, 0.05) is 12.5 Å². The summed E-state index contributed by atoms with van der Waals surface area (Å²) in [5.41, 5.74) is 1.20. The van der Waals surface area contributed by atoms with Gasteiger partial charge in [0.05, 0.1) is 18.8 Å². The molecule has 1 heterocycles. The van der Waals surface area contributed by atoms with Crippen LogP contribution in [0, 0.1) is 5.92 Å². The molecule has 1 fully saturated rings. The molecule has 1 aliphatic heterocycles. The second-order valence-corrected chi connectivity index (χ2v) is 7.65. The molecule has 2 rings (SSSR count). The molecule has 150 valence electrons. The molecule has 0 bridgehead atoms. The molecule has 1 aromatic rings. The Bertz CT molecular complexity index is 577. The van der Waals surface area contributed by atoms with Crippen LogP contribution >= 0.6 is 0 Å². The first kappa shape index (κ1) is 21.9. The number of hydrogen-bond donors (Lipinski definition) is 0. The molecule has 27 heavy (non-hydrogen) atoms. The van der Waals surface area contributed by atoms with Crippen molar-refractivity contribution in [3.8, 4) is 0 Å². The molecule has 0 aliphatic carbocycles. The van der Waals surface area contributed by atoms with E-state index in [1.54, 1.807) is 0 Å². The van der Waals surface area contributed by atoms with Crippen LogP contribution in [0.4, 0.5) is 0 Å². The summed E-state index contributed by atoms with van der Waals surface area (Å²) in [5.74, 6) is -0.217. The second-order valence-electron chi connectivity index (χ2n) is 7.65. The Labute approximate surface area is 165 Å². The van der Waals surface area contributed by atoms with E-state index in [-0.39, 0.29) is 12.2 Å². The molecular formula is C24H36O3. The topological polar surface area (TPSA) is 27.7 Å². The monoisotopic (exact) mass is 372 g/mol. The summed E-state index contributed by atoms with van der Waals surface area (Å²) in [4.78, 5) is 0. The summed E-state index contributed by atoms with van der Waals surface area (Å²) in [7, 11) is 0. The van der Waals surface area contributed by atoms with Gasteiger partial charge in [-0.3, -0.25) is 0 Å². The minimum absolute atomic E-state index is 0.0524. The molecule has 1 aliphatic rings. The van der Waals surface area contributed by atoms with E-state index in [1.165, 1.54) is 12.0 Å². The van der Waals surface area contributed by atoms with Crippen molar-refractivity contribution >= 4 is 0 Å². The summed E-state index contributed by atoms with van der Waals surface area (Å²) in [6.45, 7) is 9.59. The Kier molecular flexibility index (Phi) is 9.26. The Balaban J connectivity index is 1.90. The van der Waals surface area contributed by atoms with Crippen molar-refractivity contribution in [1.29, 1.82) is 0 Å². The number of rotatable bonds is 11. The van der Waals surface area contributed by atoms with Gasteiger partial charge < -0.3 is 14.2 Å². The van der Waals surface area contributed by atoms with Crippen molar-refractivity contribution < 1.29 is 14.2 Å². The molecular weight excluding hydrogens is 336 g/mol. The Morgan fingerprint density at radius 2 is 1.93 bits per heavy atom. The van der Waals surface area contributed by atoms with Crippen molar-refractivity contribution in [2.45, 2.75) is 78.0 Å². The molecule has 0 spiro atoms. The van der Waals surface area contributed by atoms with Crippen molar-refractivity contribution in [3.63, 3.8) is 0 Å². The van der Waals surface area contributed by atoms with Crippen molar-refractivity contribution in [2.24, 2.45) is 5.92 Å². The molecule has 3 nitrogen and oxygen atoms in total. The quantitative estimate of drug-likeness (QED) is 0.349. The van der Waals surface area contributed by atoms with Gasteiger partial charge in [-0.25, -0.2) is 0 Å². The molecule has 0 radical (unpaired) electrons. The van der Waals surface area contributed by atoms with Gasteiger partial charge in [0.2, 0.25) is 0 Å². The summed E-state index contributed by atoms with van der Waals surface area (Å²) in [6, 6.07) is 10.3. The minimum atomic E-state index is -0.540. The highest BCUT2D eigenvalue weighted by atomic mass is 16.8. The SMILES string of the molecule is C/C=C/[C@H](C/C=C\CCC)[C@@H]1OC(C)(C)O[C@H]1CCOCc1ccccc1. The van der Waals surface area contributed by atoms with Gasteiger partial charge in [-0.1, -0.05) is 68.0 Å². The highest BCUT2D eigenvalue weighted by Crippen LogP contribution is 2.35. The summed E-state index contributed by atoms with van der Waals surface area (Å²) >= 11 is 0. The number of unbranched alkanes of at least 4 members (excludes halogenated alkanes) is 1. The van der Waals surface area contributed by atoms with Crippen LogP contribution in [-0.2, 0) is 20.8 Å². The highest BCUT2D eigenvalue weighted by Gasteiger charge is 2.43. The molecule has 1 saturated heterocycles. The zero-order valence-corrected chi connectivity index (χ0v) is 17.4. The fourth-order valence-electron chi connectivity index (χ4n) is 3.52. The van der Waals surface area contributed by atoms with Crippen molar-refractivity contribution in [3.05, 3.63) is 60.2 Å². The fraction of sp³-hybridized carbons (Fsp3) is 0.583. The molecule has 0 amide bonds. The van der Waals surface area contributed by atoms with E-state index >= 15 is 0 Å². The number of benzene rings is 1. The zero-order chi connectivity index (χ0) is 19.5. The molecule has 1 aromatic carbocycles. The van der Waals surface area contributed by atoms with E-state index in [2.05, 4.69) is 50.3 Å². The Morgan fingerprint density at radius 1 is 1.15 bits per heavy atom. The summed E-state index contributed by atoms with van der Waals surface area (Å²) in [6.07, 6.45) is 13.2. The van der Waals surface area contributed by atoms with E-state index in [0.29, 0.717) is 19.1 Å². The molecule has 3 atom stereocenters. The maximum absolute atomic E-state index is 6.29. The normalized spacial score (nSPS) is 23.4. The standard InChI is InChI=1S/C24H36O3/c1-5-7-8-12-16-21(13-6-2)23-22(26-24(3,4)27-23)17-18-25-19-20-14-10-9-11-15-20/h6,8-15,21-23H,5,7,16-19H2,1-4H3/b12-8-,13-6+/t21-,22+,23+/m1/s1. The van der Waals surface area contributed by atoms with Crippen LogP contribution in [0.3, 0.4) is 0 Å². The maximum atomic E-state index is 6.29. The van der Waals surface area contributed by atoms with Crippen LogP contribution in [-0.4, -0.2) is 24.6 Å². The number of ether oxygens (including phenoxy) is 3. The predicted molar refractivity (Wildman–Crippen MR) is 112 cm³/mol. The van der Waals surface area contributed by atoms with Crippen molar-refractivity contribution in [2.75, 3.05) is 6.61 Å². The van der Waals surface area contributed by atoms with Gasteiger partial charge in [-0.15, -0.1) is 0 Å². The largest absolute Gasteiger partial charge is 0.377 e. The van der Waals surface area contributed by atoms with Crippen LogP contribution in [0.5, 0.6) is 0 Å². The third kappa shape index (κ3) is 7.61. The van der Waals surface area contributed by atoms with Crippen LogP contribution in [0.25, 0.3) is 0 Å². The first-order valence-corrected chi connectivity index (χ1v) is 10.3. The van der Waals surface area contributed by atoms with Crippen molar-refractivity contribution in [1.82, 2.24) is 0 Å². The average Bonchev–Trinajstić information content (AvgIpc) is 2.97. The summed E-state index contributed by atoms with van der Waals surface area (Å²) < 4.78 is 18.4. The third-order valence-electron chi connectivity index (χ3n) is 4.77. The first-order valence-electron chi connectivity index (χ1n) is 10.3. The second kappa shape index (κ2) is 11.4. The Hall–Kier alpha value is -1.42. The van der Waals surface area contributed by atoms with Crippen LogP contribution in [0.2, 0.25) is 0 Å². The van der Waals surface area contributed by atoms with E-state index < -0.39 is 5.79 Å². The lowest BCUT2D eigenvalue weighted by atomic mass is 9.92. The lowest BCUT2D eigenvalue weighted by molar-refractivity contribution is -0.150. The molecule has 3 heteroatoms. The first-order chi connectivity index (χ1) is 13.1. The lowest BCUT2D eigenvalue weighted by Crippen LogP contribution is -2.31. The fourth-order valence-corrected chi connectivity index (χ4v) is 3.52. The lowest BCUT2D eigenvalue weighted by Gasteiger charge is -2.23. The van der Waals surface area contributed by atoms with Crippen LogP contribution in [0.1, 0.15) is 58.9 Å². The molecule has 0 aromatic heterocycles. The van der Waals surface area contributed by atoms with E-state index in [0.717, 1.165) is 19.3 Å². The maximum Gasteiger partial charge on any atom is 0.163 e. The van der Waals surface area contributed by atoms with E-state index in [1.807, 2.05) is 32.0 Å². The molecule has 0 saturated carbocycles. The van der Waals surface area contributed by atoms with Gasteiger partial charge in [0.1, 0.15) is 0 Å². The smallest absolute Gasteiger partial charge is 0.163 e. The van der Waals surface area contributed by atoms with Gasteiger partial charge in [-0.2, -0.15) is 0 Å². The minimum Gasteiger partial charge on any atom is -0.377 e. The zero-order valence-electron chi connectivity index (χ0n) is 17.4. The van der Waals surface area contributed by atoms with Gasteiger partial charge >= 0.3 is 0 Å². The third-order valence-corrected chi connectivity index (χ3v) is 4.77. The average molecular weight is 373 g/mol. The summed E-state index contributed by atoms with van der Waals surface area (Å²) in [5, 5.41) is 0. The molecule has 0 N–H and O–H groups in total. The van der Waals surface area contributed by atoms with E-state index in [4.69, 9.17) is 14.2 Å². The van der Waals surface area contributed by atoms with Gasteiger partial charge in [0.15, 0.2) is 5.79 Å². The van der Waals surface area contributed by atoms with Gasteiger partial charge in [-0.05, 0) is 45.6 Å².